The predicted octanol–water partition coefficient (Wildman–Crippen LogP) is -0.370. The lowest BCUT2D eigenvalue weighted by Crippen LogP contribution is -2.34. The molecular formula is C10H19NO5S. The molecule has 0 aromatic heterocycles. The van der Waals surface area contributed by atoms with Gasteiger partial charge in [-0.25, -0.2) is 13.1 Å². The van der Waals surface area contributed by atoms with Crippen molar-refractivity contribution in [3.8, 4) is 0 Å². The summed E-state index contributed by atoms with van der Waals surface area (Å²) in [5.41, 5.74) is 0. The van der Waals surface area contributed by atoms with Crippen LogP contribution < -0.4 is 4.72 Å². The van der Waals surface area contributed by atoms with Crippen LogP contribution in [0, 0.1) is 5.92 Å². The monoisotopic (exact) mass is 265 g/mol. The third-order valence-corrected chi connectivity index (χ3v) is 3.94. The maximum absolute atomic E-state index is 11.5. The lowest BCUT2D eigenvalue weighted by Gasteiger charge is -2.11. The number of aliphatic hydroxyl groups is 1. The van der Waals surface area contributed by atoms with Gasteiger partial charge in [0.2, 0.25) is 10.0 Å². The fourth-order valence-corrected chi connectivity index (χ4v) is 2.87. The van der Waals surface area contributed by atoms with Crippen LogP contribution in [0.25, 0.3) is 0 Å². The van der Waals surface area contributed by atoms with Gasteiger partial charge in [0.05, 0.1) is 12.7 Å². The summed E-state index contributed by atoms with van der Waals surface area (Å²) in [6.07, 6.45) is 1.81. The maximum Gasteiger partial charge on any atom is 0.322 e. The van der Waals surface area contributed by atoms with E-state index in [0.29, 0.717) is 12.8 Å². The van der Waals surface area contributed by atoms with Crippen LogP contribution in [0.2, 0.25) is 0 Å². The standard InChI is InChI=1S/C10H19NO5S/c1-2-16-10(13)7-17(14,15)11-6-8-3-4-9(12)5-8/h8-9,11-12H,2-7H2,1H3. The summed E-state index contributed by atoms with van der Waals surface area (Å²) in [4.78, 5) is 11.0. The number of nitrogens with one attached hydrogen (secondary N) is 1. The first-order valence-electron chi connectivity index (χ1n) is 5.74. The smallest absolute Gasteiger partial charge is 0.322 e. The number of ether oxygens (including phenoxy) is 1. The van der Waals surface area contributed by atoms with E-state index in [9.17, 15) is 18.3 Å². The van der Waals surface area contributed by atoms with E-state index in [1.807, 2.05) is 0 Å². The molecule has 0 amide bonds. The van der Waals surface area contributed by atoms with Gasteiger partial charge in [0, 0.05) is 6.54 Å². The Kier molecular flexibility index (Phi) is 5.35. The Bertz CT molecular complexity index is 354. The van der Waals surface area contributed by atoms with Crippen LogP contribution in [0.15, 0.2) is 0 Å². The zero-order chi connectivity index (χ0) is 12.9. The van der Waals surface area contributed by atoms with Crippen LogP contribution >= 0.6 is 0 Å². The molecular weight excluding hydrogens is 246 g/mol. The number of sulfonamides is 1. The molecule has 0 heterocycles. The minimum Gasteiger partial charge on any atom is -0.465 e. The van der Waals surface area contributed by atoms with Crippen molar-refractivity contribution in [1.82, 2.24) is 4.72 Å². The summed E-state index contributed by atoms with van der Waals surface area (Å²) in [7, 11) is -3.61. The molecule has 7 heteroatoms. The van der Waals surface area contributed by atoms with Crippen molar-refractivity contribution in [2.24, 2.45) is 5.92 Å². The highest BCUT2D eigenvalue weighted by molar-refractivity contribution is 7.90. The van der Waals surface area contributed by atoms with E-state index in [2.05, 4.69) is 9.46 Å². The number of aliphatic hydroxyl groups excluding tert-OH is 1. The summed E-state index contributed by atoms with van der Waals surface area (Å²) in [6.45, 7) is 2.07. The highest BCUT2D eigenvalue weighted by Gasteiger charge is 2.25. The molecule has 0 aliphatic heterocycles. The molecule has 100 valence electrons. The molecule has 6 nitrogen and oxygen atoms in total. The van der Waals surface area contributed by atoms with Gasteiger partial charge in [-0.05, 0) is 32.1 Å². The molecule has 2 atom stereocenters. The van der Waals surface area contributed by atoms with E-state index in [1.54, 1.807) is 6.92 Å². The largest absolute Gasteiger partial charge is 0.465 e. The van der Waals surface area contributed by atoms with E-state index in [-0.39, 0.29) is 25.2 Å². The van der Waals surface area contributed by atoms with Gasteiger partial charge in [-0.2, -0.15) is 0 Å². The predicted molar refractivity (Wildman–Crippen MR) is 61.8 cm³/mol. The Morgan fingerprint density at radius 2 is 2.18 bits per heavy atom. The van der Waals surface area contributed by atoms with Gasteiger partial charge in [-0.3, -0.25) is 4.79 Å². The van der Waals surface area contributed by atoms with E-state index < -0.39 is 21.7 Å². The van der Waals surface area contributed by atoms with E-state index >= 15 is 0 Å². The normalized spacial score (nSPS) is 24.8. The quantitative estimate of drug-likeness (QED) is 0.639. The molecule has 1 aliphatic rings. The minimum atomic E-state index is -3.61. The summed E-state index contributed by atoms with van der Waals surface area (Å²) >= 11 is 0. The molecule has 0 spiro atoms. The summed E-state index contributed by atoms with van der Waals surface area (Å²) in [5, 5.41) is 9.29. The Balaban J connectivity index is 2.32. The number of rotatable bonds is 6. The van der Waals surface area contributed by atoms with Crippen LogP contribution in [-0.4, -0.2) is 44.5 Å². The number of hydrogen-bond donors (Lipinski definition) is 2. The number of carbonyl (C=O) groups excluding carboxylic acids is 1. The third kappa shape index (κ3) is 5.47. The van der Waals surface area contributed by atoms with Crippen molar-refractivity contribution in [1.29, 1.82) is 0 Å². The highest BCUT2D eigenvalue weighted by Crippen LogP contribution is 2.24. The van der Waals surface area contributed by atoms with Gasteiger partial charge in [0.25, 0.3) is 0 Å². The van der Waals surface area contributed by atoms with Gasteiger partial charge >= 0.3 is 5.97 Å². The van der Waals surface area contributed by atoms with Crippen molar-refractivity contribution in [2.75, 3.05) is 18.9 Å². The topological polar surface area (TPSA) is 92.7 Å². The molecule has 0 radical (unpaired) electrons. The zero-order valence-electron chi connectivity index (χ0n) is 9.89. The van der Waals surface area contributed by atoms with Crippen molar-refractivity contribution < 1.29 is 23.1 Å². The molecule has 0 saturated heterocycles. The second-order valence-corrected chi connectivity index (χ2v) is 6.05. The third-order valence-electron chi connectivity index (χ3n) is 2.72. The molecule has 17 heavy (non-hydrogen) atoms. The second-order valence-electron chi connectivity index (χ2n) is 4.25. The molecule has 0 aromatic carbocycles. The first-order chi connectivity index (χ1) is 7.93. The fourth-order valence-electron chi connectivity index (χ4n) is 1.89. The first-order valence-corrected chi connectivity index (χ1v) is 7.39. The molecule has 0 bridgehead atoms. The van der Waals surface area contributed by atoms with Crippen LogP contribution in [-0.2, 0) is 19.6 Å². The molecule has 1 rings (SSSR count). The minimum absolute atomic E-state index is 0.155. The lowest BCUT2D eigenvalue weighted by atomic mass is 10.1. The van der Waals surface area contributed by atoms with Gasteiger partial charge in [-0.15, -0.1) is 0 Å². The Labute approximate surface area is 101 Å². The molecule has 0 aromatic rings. The second kappa shape index (κ2) is 6.32. The summed E-state index contributed by atoms with van der Waals surface area (Å²) in [6, 6.07) is 0. The van der Waals surface area contributed by atoms with Crippen LogP contribution in [0.1, 0.15) is 26.2 Å². The van der Waals surface area contributed by atoms with Crippen LogP contribution in [0.3, 0.4) is 0 Å². The van der Waals surface area contributed by atoms with Crippen molar-refractivity contribution in [2.45, 2.75) is 32.3 Å². The fraction of sp³-hybridized carbons (Fsp3) is 0.900. The SMILES string of the molecule is CCOC(=O)CS(=O)(=O)NCC1CCC(O)C1. The van der Waals surface area contributed by atoms with Crippen molar-refractivity contribution in [3.63, 3.8) is 0 Å². The van der Waals surface area contributed by atoms with Gasteiger partial charge < -0.3 is 9.84 Å². The highest BCUT2D eigenvalue weighted by atomic mass is 32.2. The number of carbonyl (C=O) groups is 1. The lowest BCUT2D eigenvalue weighted by molar-refractivity contribution is -0.139. The average molecular weight is 265 g/mol. The van der Waals surface area contributed by atoms with Crippen molar-refractivity contribution >= 4 is 16.0 Å². The average Bonchev–Trinajstić information content (AvgIpc) is 2.61. The molecule has 1 aliphatic carbocycles. The Hall–Kier alpha value is -0.660. The van der Waals surface area contributed by atoms with E-state index in [0.717, 1.165) is 6.42 Å². The summed E-state index contributed by atoms with van der Waals surface area (Å²) in [5.74, 6) is -1.23. The van der Waals surface area contributed by atoms with Crippen molar-refractivity contribution in [3.05, 3.63) is 0 Å². The van der Waals surface area contributed by atoms with Gasteiger partial charge in [0.1, 0.15) is 0 Å². The zero-order valence-corrected chi connectivity index (χ0v) is 10.7. The molecule has 1 saturated carbocycles. The van der Waals surface area contributed by atoms with E-state index in [1.165, 1.54) is 0 Å². The van der Waals surface area contributed by atoms with E-state index in [4.69, 9.17) is 0 Å². The maximum atomic E-state index is 11.5. The number of esters is 1. The van der Waals surface area contributed by atoms with Crippen LogP contribution in [0.5, 0.6) is 0 Å². The number of hydrogen-bond acceptors (Lipinski definition) is 5. The molecule has 1 fully saturated rings. The first kappa shape index (κ1) is 14.4. The van der Waals surface area contributed by atoms with Gasteiger partial charge in [-0.1, -0.05) is 0 Å². The molecule has 2 unspecified atom stereocenters. The van der Waals surface area contributed by atoms with Gasteiger partial charge in [0.15, 0.2) is 5.75 Å². The molecule has 2 N–H and O–H groups in total. The van der Waals surface area contributed by atoms with Crippen LogP contribution in [0.4, 0.5) is 0 Å². The Morgan fingerprint density at radius 1 is 1.47 bits per heavy atom. The Morgan fingerprint density at radius 3 is 2.71 bits per heavy atom. The summed E-state index contributed by atoms with van der Waals surface area (Å²) < 4.78 is 29.9.